The molecule has 0 atom stereocenters. The summed E-state index contributed by atoms with van der Waals surface area (Å²) < 4.78 is 0.788. The van der Waals surface area contributed by atoms with Crippen LogP contribution in [0.4, 0.5) is 5.69 Å². The second kappa shape index (κ2) is 4.73. The minimum atomic E-state index is -1.11. The number of halogens is 1. The maximum absolute atomic E-state index is 11.1. The highest BCUT2D eigenvalue weighted by Crippen LogP contribution is 2.29. The quantitative estimate of drug-likeness (QED) is 0.894. The van der Waals surface area contributed by atoms with Crippen LogP contribution in [0.3, 0.4) is 0 Å². The van der Waals surface area contributed by atoms with Crippen LogP contribution in [-0.2, 0) is 4.79 Å². The molecular weight excluding hydrogens is 300 g/mol. The molecule has 0 spiro atoms. The molecule has 0 unspecified atom stereocenters. The lowest BCUT2D eigenvalue weighted by Crippen LogP contribution is -2.08. The summed E-state index contributed by atoms with van der Waals surface area (Å²) >= 11 is 3.36. The molecule has 0 radical (unpaired) electrons. The van der Waals surface area contributed by atoms with Crippen LogP contribution in [0.1, 0.15) is 17.4 Å². The Bertz CT molecular complexity index is 655. The highest BCUT2D eigenvalue weighted by atomic mass is 79.9. The first-order valence-corrected chi connectivity index (χ1v) is 5.88. The van der Waals surface area contributed by atoms with E-state index >= 15 is 0 Å². The van der Waals surface area contributed by atoms with Gasteiger partial charge in [0.15, 0.2) is 0 Å². The lowest BCUT2D eigenvalue weighted by Gasteiger charge is -2.08. The summed E-state index contributed by atoms with van der Waals surface area (Å²) in [6.45, 7) is 1.38. The number of carbonyl (C=O) groups excluding carboxylic acids is 1. The van der Waals surface area contributed by atoms with E-state index in [-0.39, 0.29) is 11.6 Å². The standard InChI is InChI=1S/C12H9BrN2O3/c1-6(16)14-9-5-3-8(13)7-2-4-10(12(17)18)15-11(7)9/h2-5H,1H3,(H,14,16)(H,17,18). The second-order valence-corrected chi connectivity index (χ2v) is 4.53. The van der Waals surface area contributed by atoms with E-state index in [2.05, 4.69) is 26.2 Å². The van der Waals surface area contributed by atoms with Gasteiger partial charge in [-0.15, -0.1) is 0 Å². The van der Waals surface area contributed by atoms with Crippen molar-refractivity contribution in [2.75, 3.05) is 5.32 Å². The Hall–Kier alpha value is -1.95. The molecule has 2 aromatic rings. The molecule has 5 nitrogen and oxygen atoms in total. The molecule has 1 aromatic heterocycles. The largest absolute Gasteiger partial charge is 0.477 e. The molecule has 0 aliphatic carbocycles. The molecule has 0 bridgehead atoms. The SMILES string of the molecule is CC(=O)Nc1ccc(Br)c2ccc(C(=O)O)nc12. The molecule has 18 heavy (non-hydrogen) atoms. The van der Waals surface area contributed by atoms with Crippen LogP contribution < -0.4 is 5.32 Å². The van der Waals surface area contributed by atoms with Gasteiger partial charge in [-0.05, 0) is 24.3 Å². The number of hydrogen-bond acceptors (Lipinski definition) is 3. The maximum Gasteiger partial charge on any atom is 0.354 e. The Morgan fingerprint density at radius 2 is 2.00 bits per heavy atom. The van der Waals surface area contributed by atoms with Gasteiger partial charge in [0.1, 0.15) is 5.69 Å². The number of fused-ring (bicyclic) bond motifs is 1. The number of nitrogens with one attached hydrogen (secondary N) is 1. The van der Waals surface area contributed by atoms with Crippen molar-refractivity contribution in [3.63, 3.8) is 0 Å². The normalized spacial score (nSPS) is 10.3. The molecule has 92 valence electrons. The number of anilines is 1. The monoisotopic (exact) mass is 308 g/mol. The minimum Gasteiger partial charge on any atom is -0.477 e. The molecule has 0 saturated heterocycles. The number of benzene rings is 1. The molecule has 0 saturated carbocycles. The average molecular weight is 309 g/mol. The van der Waals surface area contributed by atoms with Crippen molar-refractivity contribution in [2.24, 2.45) is 0 Å². The molecule has 0 fully saturated rings. The first-order chi connectivity index (χ1) is 8.49. The Balaban J connectivity index is 2.71. The van der Waals surface area contributed by atoms with Gasteiger partial charge < -0.3 is 10.4 Å². The lowest BCUT2D eigenvalue weighted by molar-refractivity contribution is -0.114. The number of carboxylic acids is 1. The summed E-state index contributed by atoms with van der Waals surface area (Å²) in [5, 5.41) is 12.3. The molecule has 6 heteroatoms. The zero-order valence-corrected chi connectivity index (χ0v) is 11.0. The second-order valence-electron chi connectivity index (χ2n) is 3.67. The summed E-state index contributed by atoms with van der Waals surface area (Å²) in [6.07, 6.45) is 0. The van der Waals surface area contributed by atoms with Crippen molar-refractivity contribution in [3.8, 4) is 0 Å². The van der Waals surface area contributed by atoms with Crippen LogP contribution in [0.15, 0.2) is 28.7 Å². The van der Waals surface area contributed by atoms with Gasteiger partial charge in [-0.3, -0.25) is 4.79 Å². The van der Waals surface area contributed by atoms with Crippen LogP contribution >= 0.6 is 15.9 Å². The number of pyridine rings is 1. The summed E-state index contributed by atoms with van der Waals surface area (Å²) in [4.78, 5) is 26.0. The van der Waals surface area contributed by atoms with Crippen molar-refractivity contribution in [3.05, 3.63) is 34.4 Å². The first kappa shape index (κ1) is 12.5. The third-order valence-corrected chi connectivity index (χ3v) is 3.03. The third kappa shape index (κ3) is 2.33. The molecule has 1 heterocycles. The van der Waals surface area contributed by atoms with E-state index in [1.807, 2.05) is 0 Å². The minimum absolute atomic E-state index is 0.0628. The number of carbonyl (C=O) groups is 2. The fourth-order valence-electron chi connectivity index (χ4n) is 1.59. The molecule has 2 N–H and O–H groups in total. The highest BCUT2D eigenvalue weighted by molar-refractivity contribution is 9.10. The van der Waals surface area contributed by atoms with Gasteiger partial charge in [0.25, 0.3) is 0 Å². The smallest absolute Gasteiger partial charge is 0.354 e. The Morgan fingerprint density at radius 3 is 2.61 bits per heavy atom. The summed E-state index contributed by atoms with van der Waals surface area (Å²) in [6, 6.07) is 6.52. The number of aromatic nitrogens is 1. The zero-order valence-electron chi connectivity index (χ0n) is 9.40. The maximum atomic E-state index is 11.1. The summed E-state index contributed by atoms with van der Waals surface area (Å²) in [5.74, 6) is -1.34. The third-order valence-electron chi connectivity index (χ3n) is 2.33. The number of rotatable bonds is 2. The molecule has 2 rings (SSSR count). The number of aromatic carboxylic acids is 1. The van der Waals surface area contributed by atoms with E-state index in [0.717, 1.165) is 9.86 Å². The van der Waals surface area contributed by atoms with E-state index in [1.165, 1.54) is 13.0 Å². The highest BCUT2D eigenvalue weighted by Gasteiger charge is 2.11. The Morgan fingerprint density at radius 1 is 1.28 bits per heavy atom. The first-order valence-electron chi connectivity index (χ1n) is 5.09. The van der Waals surface area contributed by atoms with Crippen LogP contribution in [0.5, 0.6) is 0 Å². The van der Waals surface area contributed by atoms with E-state index < -0.39 is 5.97 Å². The number of nitrogens with zero attached hydrogens (tertiary/aromatic N) is 1. The number of carboxylic acid groups (broad SMARTS) is 1. The van der Waals surface area contributed by atoms with Crippen LogP contribution in [0.2, 0.25) is 0 Å². The van der Waals surface area contributed by atoms with Gasteiger partial charge in [0, 0.05) is 16.8 Å². The van der Waals surface area contributed by atoms with Gasteiger partial charge in [0.2, 0.25) is 5.91 Å². The summed E-state index contributed by atoms with van der Waals surface area (Å²) in [7, 11) is 0. The van der Waals surface area contributed by atoms with Crippen molar-refractivity contribution < 1.29 is 14.7 Å². The van der Waals surface area contributed by atoms with Gasteiger partial charge >= 0.3 is 5.97 Å². The predicted molar refractivity (Wildman–Crippen MR) is 70.7 cm³/mol. The van der Waals surface area contributed by atoms with Gasteiger partial charge in [-0.2, -0.15) is 0 Å². The topological polar surface area (TPSA) is 79.3 Å². The van der Waals surface area contributed by atoms with Crippen molar-refractivity contribution in [1.82, 2.24) is 4.98 Å². The van der Waals surface area contributed by atoms with Crippen molar-refractivity contribution >= 4 is 44.4 Å². The van der Waals surface area contributed by atoms with Crippen molar-refractivity contribution in [2.45, 2.75) is 6.92 Å². The number of hydrogen-bond donors (Lipinski definition) is 2. The van der Waals surface area contributed by atoms with Crippen LogP contribution in [-0.4, -0.2) is 22.0 Å². The van der Waals surface area contributed by atoms with E-state index in [1.54, 1.807) is 18.2 Å². The molecule has 0 aliphatic rings. The Labute approximate surface area is 111 Å². The number of amides is 1. The van der Waals surface area contributed by atoms with E-state index in [9.17, 15) is 9.59 Å². The predicted octanol–water partition coefficient (Wildman–Crippen LogP) is 2.65. The van der Waals surface area contributed by atoms with Gasteiger partial charge in [-0.25, -0.2) is 9.78 Å². The molecule has 0 aliphatic heterocycles. The average Bonchev–Trinajstić information content (AvgIpc) is 2.32. The zero-order chi connectivity index (χ0) is 13.3. The molecule has 1 amide bonds. The fraction of sp³-hybridized carbons (Fsp3) is 0.0833. The fourth-order valence-corrected chi connectivity index (χ4v) is 2.04. The van der Waals surface area contributed by atoms with Crippen LogP contribution in [0, 0.1) is 0 Å². The Kier molecular flexibility index (Phi) is 3.29. The molecule has 1 aromatic carbocycles. The van der Waals surface area contributed by atoms with Crippen molar-refractivity contribution in [1.29, 1.82) is 0 Å². The van der Waals surface area contributed by atoms with Gasteiger partial charge in [0.05, 0.1) is 11.2 Å². The van der Waals surface area contributed by atoms with Gasteiger partial charge in [-0.1, -0.05) is 15.9 Å². The summed E-state index contributed by atoms with van der Waals surface area (Å²) in [5.41, 5.74) is 0.871. The lowest BCUT2D eigenvalue weighted by atomic mass is 10.1. The van der Waals surface area contributed by atoms with E-state index in [0.29, 0.717) is 11.2 Å². The van der Waals surface area contributed by atoms with Crippen LogP contribution in [0.25, 0.3) is 10.9 Å². The van der Waals surface area contributed by atoms with E-state index in [4.69, 9.17) is 5.11 Å². The molecular formula is C12H9BrN2O3.